The number of methoxy groups -OCH3 is 1. The molecule has 22 heteroatoms. The van der Waals surface area contributed by atoms with Crippen molar-refractivity contribution in [3.8, 4) is 0 Å². The van der Waals surface area contributed by atoms with Crippen molar-refractivity contribution in [2.45, 2.75) is 83.5 Å². The topological polar surface area (TPSA) is 271 Å². The van der Waals surface area contributed by atoms with Gasteiger partial charge in [0.15, 0.2) is 0 Å². The number of likely N-dealkylation sites (tertiary alicyclic amines) is 3. The van der Waals surface area contributed by atoms with Gasteiger partial charge in [0.25, 0.3) is 0 Å². The third-order valence-corrected chi connectivity index (χ3v) is 13.3. The van der Waals surface area contributed by atoms with E-state index in [0.29, 0.717) is 90.1 Å². The molecule has 22 nitrogen and oxygen atoms in total. The Balaban J connectivity index is 0.000000170. The smallest absolute Gasteiger partial charge is 0.342 e. The first kappa shape index (κ1) is 57.2. The van der Waals surface area contributed by atoms with Crippen LogP contribution in [0.2, 0.25) is 0 Å². The second kappa shape index (κ2) is 27.5. The van der Waals surface area contributed by atoms with Gasteiger partial charge in [-0.2, -0.15) is 0 Å². The fraction of sp³-hybridized carbons (Fsp3) is 0.411. The van der Waals surface area contributed by atoms with Gasteiger partial charge in [0.05, 0.1) is 36.4 Å². The number of hydrogen-bond donors (Lipinski definition) is 6. The molecule has 3 fully saturated rings. The lowest BCUT2D eigenvalue weighted by Crippen LogP contribution is -2.44. The lowest BCUT2D eigenvalue weighted by Gasteiger charge is -2.33. The summed E-state index contributed by atoms with van der Waals surface area (Å²) in [5.41, 5.74) is 5.31. The molecule has 0 radical (unpaired) electrons. The van der Waals surface area contributed by atoms with E-state index in [2.05, 4.69) is 65.6 Å². The number of anilines is 3. The fourth-order valence-corrected chi connectivity index (χ4v) is 9.62. The predicted octanol–water partition coefficient (Wildman–Crippen LogP) is 7.00. The first-order valence-corrected chi connectivity index (χ1v) is 26.2. The third-order valence-electron chi connectivity index (χ3n) is 13.3. The van der Waals surface area contributed by atoms with Crippen molar-refractivity contribution < 1.29 is 47.7 Å². The zero-order valence-corrected chi connectivity index (χ0v) is 44.7. The third kappa shape index (κ3) is 14.3. The van der Waals surface area contributed by atoms with Gasteiger partial charge in [-0.3, -0.25) is 14.4 Å². The van der Waals surface area contributed by atoms with Crippen molar-refractivity contribution in [2.24, 2.45) is 0 Å². The molecule has 6 aromatic heterocycles. The van der Waals surface area contributed by atoms with E-state index < -0.39 is 17.9 Å². The molecule has 3 aliphatic rings. The van der Waals surface area contributed by atoms with Crippen LogP contribution in [0.1, 0.15) is 90.4 Å². The minimum Gasteiger partial charge on any atom is -0.462 e. The van der Waals surface area contributed by atoms with Gasteiger partial charge in [0, 0.05) is 118 Å². The summed E-state index contributed by atoms with van der Waals surface area (Å²) < 4.78 is 20.7. The maximum atomic E-state index is 12.5. The average molecular weight is 1070 g/mol. The first-order valence-electron chi connectivity index (χ1n) is 26.2. The molecule has 0 aliphatic carbocycles. The van der Waals surface area contributed by atoms with E-state index in [1.54, 1.807) is 47.3 Å². The summed E-state index contributed by atoms with van der Waals surface area (Å²) in [6, 6.07) is 5.74. The van der Waals surface area contributed by atoms with Gasteiger partial charge < -0.3 is 64.5 Å². The van der Waals surface area contributed by atoms with Gasteiger partial charge in [0.1, 0.15) is 40.2 Å². The zero-order valence-electron chi connectivity index (χ0n) is 44.7. The van der Waals surface area contributed by atoms with Crippen molar-refractivity contribution in [1.82, 2.24) is 44.6 Å². The lowest BCUT2D eigenvalue weighted by molar-refractivity contribution is -0.127. The molecule has 0 unspecified atom stereocenters. The van der Waals surface area contributed by atoms with Gasteiger partial charge in [-0.15, -0.1) is 0 Å². The van der Waals surface area contributed by atoms with Crippen LogP contribution in [0.15, 0.2) is 93.3 Å². The summed E-state index contributed by atoms with van der Waals surface area (Å²) in [5.74, 6) is -1.50. The van der Waals surface area contributed by atoms with Crippen molar-refractivity contribution in [1.29, 1.82) is 0 Å². The Morgan fingerprint density at radius 1 is 0.590 bits per heavy atom. The molecule has 3 saturated heterocycles. The standard InChI is InChI=1S/C19H24N4O4.C19H24N4O3.C18H22N4O3/c1-3-16(24)23-8-4-5-13(12-23)22-17-14-6-7-20-18(14)21-11-15(17)19(25)27-10-9-26-2;1-4-16(24)23-9-5-6-13(11-23)22-17-14-7-8-20-18(14)21-10-15(17)19(25)26-12(2)3;1-3-15(23)22-9-5-6-12(11-22)21-16-13-7-8-19-17(13)20-10-14(16)18(24)25-4-2/h3,6-7,11,13H,1,4-5,8-10,12H2,2H3,(H2,20,21,22);4,7-8,10,12-13H,1,5-6,9,11H2,2-3H3,(H2,20,21,22);3,7-8,10,12H,1,4-6,9,11H2,2H3,(H2,19,20,21)/t2*13-;12-/m111/s1. The van der Waals surface area contributed by atoms with E-state index in [0.717, 1.165) is 67.8 Å². The van der Waals surface area contributed by atoms with Gasteiger partial charge in [0.2, 0.25) is 17.7 Å². The molecule has 9 heterocycles. The van der Waals surface area contributed by atoms with Crippen LogP contribution in [0.4, 0.5) is 17.1 Å². The largest absolute Gasteiger partial charge is 0.462 e. The number of rotatable bonds is 17. The van der Waals surface area contributed by atoms with Crippen LogP contribution >= 0.6 is 0 Å². The Morgan fingerprint density at radius 2 is 0.949 bits per heavy atom. The highest BCUT2D eigenvalue weighted by Crippen LogP contribution is 2.32. The Bertz CT molecular complexity index is 3110. The molecule has 6 N–H and O–H groups in total. The van der Waals surface area contributed by atoms with Crippen LogP contribution in [-0.2, 0) is 33.3 Å². The highest BCUT2D eigenvalue weighted by Gasteiger charge is 2.29. The molecule has 78 heavy (non-hydrogen) atoms. The lowest BCUT2D eigenvalue weighted by atomic mass is 10.0. The number of amides is 3. The molecule has 414 valence electrons. The van der Waals surface area contributed by atoms with E-state index in [-0.39, 0.29) is 48.6 Å². The van der Waals surface area contributed by atoms with Crippen LogP contribution in [-0.4, -0.2) is 171 Å². The Hall–Kier alpha value is -8.53. The Labute approximate surface area is 452 Å². The van der Waals surface area contributed by atoms with Crippen LogP contribution in [0.5, 0.6) is 0 Å². The number of nitrogens with one attached hydrogen (secondary N) is 6. The van der Waals surface area contributed by atoms with Crippen molar-refractivity contribution in [2.75, 3.05) is 82.1 Å². The molecular weight excluding hydrogens is 1000 g/mol. The Morgan fingerprint density at radius 3 is 1.28 bits per heavy atom. The number of ether oxygens (including phenoxy) is 4. The molecule has 9 rings (SSSR count). The summed E-state index contributed by atoms with van der Waals surface area (Å²) in [7, 11) is 1.55. The minimum atomic E-state index is -0.458. The van der Waals surface area contributed by atoms with Gasteiger partial charge >= 0.3 is 17.9 Å². The molecule has 0 aromatic carbocycles. The van der Waals surface area contributed by atoms with Crippen LogP contribution in [0.3, 0.4) is 0 Å². The van der Waals surface area contributed by atoms with Crippen LogP contribution < -0.4 is 16.0 Å². The SMILES string of the molecule is C=CC(=O)N1CCC[C@@H](Nc2c(C(=O)OC(C)C)cnc3[nH]ccc23)C1.C=CC(=O)N1CCC[C@@H](Nc2c(C(=O)OCC)cnc3[nH]ccc23)C1.C=CC(=O)N1CCC[C@@H](Nc2c(C(=O)OCCOC)cnc3[nH]ccc23)C1. The molecule has 0 saturated carbocycles. The van der Waals surface area contributed by atoms with E-state index in [4.69, 9.17) is 18.9 Å². The summed E-state index contributed by atoms with van der Waals surface area (Å²) in [6.45, 7) is 20.7. The van der Waals surface area contributed by atoms with E-state index >= 15 is 0 Å². The monoisotopic (exact) mass is 1070 g/mol. The molecule has 3 aliphatic heterocycles. The predicted molar refractivity (Wildman–Crippen MR) is 297 cm³/mol. The van der Waals surface area contributed by atoms with Crippen molar-refractivity contribution in [3.05, 3.63) is 110 Å². The second-order valence-corrected chi connectivity index (χ2v) is 19.1. The highest BCUT2D eigenvalue weighted by molar-refractivity contribution is 6.06. The van der Waals surface area contributed by atoms with Crippen LogP contribution in [0.25, 0.3) is 33.1 Å². The maximum Gasteiger partial charge on any atom is 0.342 e. The number of esters is 3. The van der Waals surface area contributed by atoms with E-state index in [1.807, 2.05) is 32.0 Å². The second-order valence-electron chi connectivity index (χ2n) is 19.1. The first-order chi connectivity index (χ1) is 37.8. The number of fused-ring (bicyclic) bond motifs is 3. The molecule has 3 amide bonds. The normalized spacial score (nSPS) is 17.2. The molecule has 6 aromatic rings. The zero-order chi connectivity index (χ0) is 55.7. The number of hydrogen-bond acceptors (Lipinski definition) is 16. The summed E-state index contributed by atoms with van der Waals surface area (Å²) >= 11 is 0. The Kier molecular flexibility index (Phi) is 20.2. The van der Waals surface area contributed by atoms with E-state index in [1.165, 1.54) is 36.8 Å². The van der Waals surface area contributed by atoms with Crippen molar-refractivity contribution in [3.63, 3.8) is 0 Å². The van der Waals surface area contributed by atoms with E-state index in [9.17, 15) is 28.8 Å². The molecule has 0 bridgehead atoms. The van der Waals surface area contributed by atoms with Crippen LogP contribution in [0, 0.1) is 0 Å². The number of carbonyl (C=O) groups excluding carboxylic acids is 6. The quantitative estimate of drug-likeness (QED) is 0.0232. The molecule has 3 atom stereocenters. The number of nitrogens with zero attached hydrogens (tertiary/aromatic N) is 6. The number of carbonyl (C=O) groups is 6. The maximum absolute atomic E-state index is 12.5. The highest BCUT2D eigenvalue weighted by atomic mass is 16.6. The number of H-pyrrole nitrogens is 3. The minimum absolute atomic E-state index is 0.0219. The summed E-state index contributed by atoms with van der Waals surface area (Å²) in [4.78, 5) is 100. The molecule has 0 spiro atoms. The van der Waals surface area contributed by atoms with Gasteiger partial charge in [-0.25, -0.2) is 29.3 Å². The number of aromatic amines is 3. The summed E-state index contributed by atoms with van der Waals surface area (Å²) in [6.07, 6.45) is 19.1. The number of piperidine rings is 3. The summed E-state index contributed by atoms with van der Waals surface area (Å²) in [5, 5.41) is 12.8. The fourth-order valence-electron chi connectivity index (χ4n) is 9.62. The number of aromatic nitrogens is 6. The van der Waals surface area contributed by atoms with Crippen molar-refractivity contribution >= 4 is 85.8 Å². The average Bonchev–Trinajstić information content (AvgIpc) is 4.32. The molecular formula is C56H70N12O10. The number of pyridine rings is 3. The van der Waals surface area contributed by atoms with Gasteiger partial charge in [-0.1, -0.05) is 19.7 Å². The van der Waals surface area contributed by atoms with Gasteiger partial charge in [-0.05, 0) is 95.7 Å².